The van der Waals surface area contributed by atoms with E-state index in [0.29, 0.717) is 0 Å². The van der Waals surface area contributed by atoms with Crippen LogP contribution in [0.3, 0.4) is 0 Å². The van der Waals surface area contributed by atoms with Crippen molar-refractivity contribution in [2.45, 2.75) is 0 Å². The minimum atomic E-state index is -0.602. The summed E-state index contributed by atoms with van der Waals surface area (Å²) in [5, 5.41) is 0. The number of hydrogen-bond acceptors (Lipinski definition) is 3. The van der Waals surface area contributed by atoms with Crippen molar-refractivity contribution in [3.05, 3.63) is 29.6 Å². The van der Waals surface area contributed by atoms with Gasteiger partial charge in [0.15, 0.2) is 5.78 Å². The SMILES string of the molecule is COc1cccc(F)c1C(=O)CN. The number of ketones is 1. The Bertz CT molecular complexity index is 325. The third-order valence-corrected chi connectivity index (χ3v) is 1.66. The van der Waals surface area contributed by atoms with Crippen LogP contribution in [0, 0.1) is 5.82 Å². The molecule has 0 aliphatic rings. The van der Waals surface area contributed by atoms with Gasteiger partial charge < -0.3 is 10.5 Å². The fourth-order valence-corrected chi connectivity index (χ4v) is 1.05. The van der Waals surface area contributed by atoms with Crippen molar-refractivity contribution in [3.63, 3.8) is 0 Å². The van der Waals surface area contributed by atoms with Gasteiger partial charge in [0.1, 0.15) is 11.6 Å². The van der Waals surface area contributed by atoms with Crippen LogP contribution in [0.4, 0.5) is 4.39 Å². The quantitative estimate of drug-likeness (QED) is 0.710. The Hall–Kier alpha value is -1.42. The molecule has 0 saturated heterocycles. The van der Waals surface area contributed by atoms with Crippen molar-refractivity contribution in [1.82, 2.24) is 0 Å². The molecular weight excluding hydrogens is 173 g/mol. The standard InChI is InChI=1S/C9H10FNO2/c1-13-8-4-2-3-6(10)9(8)7(12)5-11/h2-4H,5,11H2,1H3. The minimum Gasteiger partial charge on any atom is -0.496 e. The minimum absolute atomic E-state index is 0.0764. The van der Waals surface area contributed by atoms with Gasteiger partial charge >= 0.3 is 0 Å². The lowest BCUT2D eigenvalue weighted by Gasteiger charge is -2.06. The van der Waals surface area contributed by atoms with Gasteiger partial charge in [0, 0.05) is 0 Å². The average Bonchev–Trinajstić information content (AvgIpc) is 2.16. The number of nitrogens with two attached hydrogens (primary N) is 1. The number of carbonyl (C=O) groups is 1. The van der Waals surface area contributed by atoms with Crippen LogP contribution in [0.2, 0.25) is 0 Å². The number of rotatable bonds is 3. The molecule has 13 heavy (non-hydrogen) atoms. The summed E-state index contributed by atoms with van der Waals surface area (Å²) in [6.07, 6.45) is 0. The Morgan fingerprint density at radius 2 is 2.31 bits per heavy atom. The first-order chi connectivity index (χ1) is 6.20. The molecule has 1 rings (SSSR count). The van der Waals surface area contributed by atoms with E-state index in [9.17, 15) is 9.18 Å². The number of carbonyl (C=O) groups excluding carboxylic acids is 1. The largest absolute Gasteiger partial charge is 0.496 e. The lowest BCUT2D eigenvalue weighted by molar-refractivity contribution is 0.0994. The number of halogens is 1. The maximum absolute atomic E-state index is 13.1. The van der Waals surface area contributed by atoms with Gasteiger partial charge in [0.25, 0.3) is 0 Å². The first kappa shape index (κ1) is 9.67. The molecule has 0 saturated carbocycles. The number of benzene rings is 1. The van der Waals surface area contributed by atoms with Crippen molar-refractivity contribution in [2.75, 3.05) is 13.7 Å². The van der Waals surface area contributed by atoms with Crippen LogP contribution in [-0.2, 0) is 0 Å². The summed E-state index contributed by atoms with van der Waals surface area (Å²) in [4.78, 5) is 11.2. The molecular formula is C9H10FNO2. The third-order valence-electron chi connectivity index (χ3n) is 1.66. The molecule has 0 amide bonds. The fraction of sp³-hybridized carbons (Fsp3) is 0.222. The first-order valence-corrected chi connectivity index (χ1v) is 3.76. The number of methoxy groups -OCH3 is 1. The number of ether oxygens (including phenoxy) is 1. The summed E-state index contributed by atoms with van der Waals surface area (Å²) >= 11 is 0. The van der Waals surface area contributed by atoms with Crippen molar-refractivity contribution in [1.29, 1.82) is 0 Å². The summed E-state index contributed by atoms with van der Waals surface area (Å²) in [7, 11) is 1.38. The van der Waals surface area contributed by atoms with Crippen LogP contribution in [0.5, 0.6) is 5.75 Å². The van der Waals surface area contributed by atoms with Crippen molar-refractivity contribution >= 4 is 5.78 Å². The molecule has 1 aromatic carbocycles. The van der Waals surface area contributed by atoms with Gasteiger partial charge in [-0.25, -0.2) is 4.39 Å². The highest BCUT2D eigenvalue weighted by atomic mass is 19.1. The molecule has 0 atom stereocenters. The first-order valence-electron chi connectivity index (χ1n) is 3.76. The zero-order valence-corrected chi connectivity index (χ0v) is 7.21. The molecule has 0 aliphatic carbocycles. The van der Waals surface area contributed by atoms with Crippen molar-refractivity contribution in [3.8, 4) is 5.75 Å². The van der Waals surface area contributed by atoms with Gasteiger partial charge in [-0.15, -0.1) is 0 Å². The molecule has 0 fully saturated rings. The number of Topliss-reactive ketones (excluding diaryl/α,β-unsaturated/α-hetero) is 1. The maximum atomic E-state index is 13.1. The van der Waals surface area contributed by atoms with E-state index in [-0.39, 0.29) is 17.9 Å². The molecule has 3 nitrogen and oxygen atoms in total. The van der Waals surface area contributed by atoms with Crippen LogP contribution in [-0.4, -0.2) is 19.4 Å². The molecule has 70 valence electrons. The molecule has 4 heteroatoms. The zero-order valence-electron chi connectivity index (χ0n) is 7.21. The Morgan fingerprint density at radius 3 is 2.85 bits per heavy atom. The monoisotopic (exact) mass is 183 g/mol. The summed E-state index contributed by atoms with van der Waals surface area (Å²) in [5.41, 5.74) is 5.05. The van der Waals surface area contributed by atoms with Gasteiger partial charge in [-0.1, -0.05) is 6.07 Å². The Labute approximate surface area is 75.3 Å². The summed E-state index contributed by atoms with van der Waals surface area (Å²) < 4.78 is 18.0. The average molecular weight is 183 g/mol. The summed E-state index contributed by atoms with van der Waals surface area (Å²) in [6, 6.07) is 4.19. The van der Waals surface area contributed by atoms with Crippen LogP contribution in [0.25, 0.3) is 0 Å². The molecule has 0 spiro atoms. The summed E-state index contributed by atoms with van der Waals surface area (Å²) in [6.45, 7) is -0.225. The number of hydrogen-bond donors (Lipinski definition) is 1. The molecule has 0 unspecified atom stereocenters. The molecule has 2 N–H and O–H groups in total. The molecule has 0 radical (unpaired) electrons. The van der Waals surface area contributed by atoms with Crippen molar-refractivity contribution in [2.24, 2.45) is 5.73 Å². The zero-order chi connectivity index (χ0) is 9.84. The maximum Gasteiger partial charge on any atom is 0.183 e. The molecule has 0 bridgehead atoms. The molecule has 0 aromatic heterocycles. The highest BCUT2D eigenvalue weighted by Crippen LogP contribution is 2.20. The fourth-order valence-electron chi connectivity index (χ4n) is 1.05. The van der Waals surface area contributed by atoms with E-state index < -0.39 is 11.6 Å². The van der Waals surface area contributed by atoms with Gasteiger partial charge in [0.2, 0.25) is 0 Å². The highest BCUT2D eigenvalue weighted by Gasteiger charge is 2.15. The van der Waals surface area contributed by atoms with E-state index in [1.165, 1.54) is 25.3 Å². The van der Waals surface area contributed by atoms with E-state index >= 15 is 0 Å². The van der Waals surface area contributed by atoms with Crippen LogP contribution < -0.4 is 10.5 Å². The normalized spacial score (nSPS) is 9.77. The van der Waals surface area contributed by atoms with E-state index in [2.05, 4.69) is 0 Å². The lowest BCUT2D eigenvalue weighted by atomic mass is 10.1. The molecule has 0 aliphatic heterocycles. The second-order valence-corrected chi connectivity index (χ2v) is 2.44. The second kappa shape index (κ2) is 4.00. The lowest BCUT2D eigenvalue weighted by Crippen LogP contribution is -2.16. The smallest absolute Gasteiger partial charge is 0.183 e. The predicted octanol–water partition coefficient (Wildman–Crippen LogP) is 0.976. The topological polar surface area (TPSA) is 52.3 Å². The van der Waals surface area contributed by atoms with Crippen molar-refractivity contribution < 1.29 is 13.9 Å². The van der Waals surface area contributed by atoms with E-state index in [1.807, 2.05) is 0 Å². The predicted molar refractivity (Wildman–Crippen MR) is 46.3 cm³/mol. The van der Waals surface area contributed by atoms with E-state index in [4.69, 9.17) is 10.5 Å². The second-order valence-electron chi connectivity index (χ2n) is 2.44. The Morgan fingerprint density at radius 1 is 1.62 bits per heavy atom. The Balaban J connectivity index is 3.22. The van der Waals surface area contributed by atoms with Gasteiger partial charge in [-0.05, 0) is 12.1 Å². The summed E-state index contributed by atoms with van der Waals surface area (Å²) in [5.74, 6) is -0.847. The molecule has 1 aromatic rings. The van der Waals surface area contributed by atoms with E-state index in [0.717, 1.165) is 0 Å². The van der Waals surface area contributed by atoms with Gasteiger partial charge in [-0.3, -0.25) is 4.79 Å². The van der Waals surface area contributed by atoms with E-state index in [1.54, 1.807) is 0 Å². The Kier molecular flexibility index (Phi) is 2.97. The van der Waals surface area contributed by atoms with Gasteiger partial charge in [0.05, 0.1) is 19.2 Å². The highest BCUT2D eigenvalue weighted by molar-refractivity contribution is 6.00. The third kappa shape index (κ3) is 1.84. The molecule has 0 heterocycles. The van der Waals surface area contributed by atoms with Gasteiger partial charge in [-0.2, -0.15) is 0 Å². The van der Waals surface area contributed by atoms with Crippen LogP contribution in [0.15, 0.2) is 18.2 Å². The van der Waals surface area contributed by atoms with Crippen LogP contribution in [0.1, 0.15) is 10.4 Å². The van der Waals surface area contributed by atoms with Crippen LogP contribution >= 0.6 is 0 Å².